The van der Waals surface area contributed by atoms with Gasteiger partial charge in [-0.2, -0.15) is 0 Å². The molecular formula is C13H19N5O. The average molecular weight is 261 g/mol. The minimum absolute atomic E-state index is 0.391. The highest BCUT2D eigenvalue weighted by Gasteiger charge is 2.07. The Kier molecular flexibility index (Phi) is 4.46. The smallest absolute Gasteiger partial charge is 0.158 e. The third-order valence-electron chi connectivity index (χ3n) is 2.66. The molecule has 0 aliphatic heterocycles. The molecule has 6 heteroatoms. The van der Waals surface area contributed by atoms with Gasteiger partial charge in [0.2, 0.25) is 0 Å². The fourth-order valence-corrected chi connectivity index (χ4v) is 1.76. The lowest BCUT2D eigenvalue weighted by molar-refractivity contribution is 0.178. The van der Waals surface area contributed by atoms with Crippen molar-refractivity contribution < 1.29 is 4.74 Å². The van der Waals surface area contributed by atoms with Gasteiger partial charge in [0, 0.05) is 32.1 Å². The molecule has 6 nitrogen and oxygen atoms in total. The standard InChI is InChI=1S/C13H19N5O/c1-4-5-15-11-8-13(17-12(16-11)9-19-3)18-7-6-14-10(18)2/h6-8H,4-5,9H2,1-3H3,(H,15,16,17). The molecule has 0 fully saturated rings. The zero-order valence-electron chi connectivity index (χ0n) is 11.6. The predicted molar refractivity (Wildman–Crippen MR) is 73.4 cm³/mol. The quantitative estimate of drug-likeness (QED) is 0.861. The second-order valence-electron chi connectivity index (χ2n) is 4.23. The Labute approximate surface area is 112 Å². The van der Waals surface area contributed by atoms with Gasteiger partial charge in [-0.1, -0.05) is 6.92 Å². The fraction of sp³-hybridized carbons (Fsp3) is 0.462. The van der Waals surface area contributed by atoms with Gasteiger partial charge in [-0.3, -0.25) is 4.57 Å². The second-order valence-corrected chi connectivity index (χ2v) is 4.23. The van der Waals surface area contributed by atoms with Crippen molar-refractivity contribution in [3.8, 4) is 5.82 Å². The lowest BCUT2D eigenvalue weighted by Gasteiger charge is -2.10. The summed E-state index contributed by atoms with van der Waals surface area (Å²) in [7, 11) is 1.64. The van der Waals surface area contributed by atoms with Crippen LogP contribution in [0.1, 0.15) is 25.0 Å². The second kappa shape index (κ2) is 6.29. The highest BCUT2D eigenvalue weighted by Crippen LogP contribution is 2.13. The van der Waals surface area contributed by atoms with E-state index in [1.165, 1.54) is 0 Å². The molecule has 0 amide bonds. The summed E-state index contributed by atoms with van der Waals surface area (Å²) in [6, 6.07) is 1.92. The topological polar surface area (TPSA) is 64.9 Å². The summed E-state index contributed by atoms with van der Waals surface area (Å²) < 4.78 is 7.04. The Morgan fingerprint density at radius 1 is 1.37 bits per heavy atom. The Hall–Kier alpha value is -1.95. The van der Waals surface area contributed by atoms with Crippen LogP contribution in [0.15, 0.2) is 18.5 Å². The van der Waals surface area contributed by atoms with Crippen molar-refractivity contribution >= 4 is 5.82 Å². The van der Waals surface area contributed by atoms with Crippen molar-refractivity contribution in [3.05, 3.63) is 30.1 Å². The fourth-order valence-electron chi connectivity index (χ4n) is 1.76. The van der Waals surface area contributed by atoms with Gasteiger partial charge in [0.05, 0.1) is 0 Å². The molecule has 0 aromatic carbocycles. The van der Waals surface area contributed by atoms with E-state index in [2.05, 4.69) is 27.2 Å². The molecule has 0 radical (unpaired) electrons. The SMILES string of the molecule is CCCNc1cc(-n2ccnc2C)nc(COC)n1. The summed E-state index contributed by atoms with van der Waals surface area (Å²) in [6.07, 6.45) is 4.69. The lowest BCUT2D eigenvalue weighted by Crippen LogP contribution is -2.09. The monoisotopic (exact) mass is 261 g/mol. The summed E-state index contributed by atoms with van der Waals surface area (Å²) in [5, 5.41) is 3.27. The van der Waals surface area contributed by atoms with Gasteiger partial charge >= 0.3 is 0 Å². The van der Waals surface area contributed by atoms with Crippen LogP contribution in [-0.4, -0.2) is 33.2 Å². The third-order valence-corrected chi connectivity index (χ3v) is 2.66. The van der Waals surface area contributed by atoms with Crippen LogP contribution in [0.4, 0.5) is 5.82 Å². The van der Waals surface area contributed by atoms with E-state index < -0.39 is 0 Å². The minimum Gasteiger partial charge on any atom is -0.377 e. The number of aryl methyl sites for hydroxylation is 1. The summed E-state index contributed by atoms with van der Waals surface area (Å²) in [4.78, 5) is 13.1. The summed E-state index contributed by atoms with van der Waals surface area (Å²) in [5.41, 5.74) is 0. The highest BCUT2D eigenvalue weighted by molar-refractivity contribution is 5.42. The normalized spacial score (nSPS) is 10.7. The summed E-state index contributed by atoms with van der Waals surface area (Å²) in [6.45, 7) is 5.33. The van der Waals surface area contributed by atoms with Crippen LogP contribution in [0.2, 0.25) is 0 Å². The van der Waals surface area contributed by atoms with Gasteiger partial charge < -0.3 is 10.1 Å². The minimum atomic E-state index is 0.391. The van der Waals surface area contributed by atoms with Crippen LogP contribution in [0, 0.1) is 6.92 Å². The zero-order chi connectivity index (χ0) is 13.7. The first-order valence-corrected chi connectivity index (χ1v) is 6.35. The van der Waals surface area contributed by atoms with Crippen molar-refractivity contribution in [2.75, 3.05) is 19.0 Å². The molecule has 0 spiro atoms. The van der Waals surface area contributed by atoms with E-state index in [1.807, 2.05) is 23.8 Å². The maximum Gasteiger partial charge on any atom is 0.158 e. The molecule has 2 aromatic rings. The molecule has 1 N–H and O–H groups in total. The van der Waals surface area contributed by atoms with Crippen LogP contribution < -0.4 is 5.32 Å². The Morgan fingerprint density at radius 3 is 2.84 bits per heavy atom. The third kappa shape index (κ3) is 3.29. The molecule has 0 aliphatic carbocycles. The molecule has 0 saturated carbocycles. The van der Waals surface area contributed by atoms with Crippen molar-refractivity contribution in [2.24, 2.45) is 0 Å². The first-order chi connectivity index (χ1) is 9.24. The number of imidazole rings is 1. The van der Waals surface area contributed by atoms with Gasteiger partial charge in [0.1, 0.15) is 24.1 Å². The van der Waals surface area contributed by atoms with Crippen LogP contribution in [-0.2, 0) is 11.3 Å². The average Bonchev–Trinajstić information content (AvgIpc) is 2.83. The molecule has 102 valence electrons. The number of aromatic nitrogens is 4. The number of nitrogens with one attached hydrogen (secondary N) is 1. The molecule has 2 aromatic heterocycles. The maximum atomic E-state index is 5.11. The van der Waals surface area contributed by atoms with Crippen LogP contribution in [0.5, 0.6) is 0 Å². The Morgan fingerprint density at radius 2 is 2.21 bits per heavy atom. The first kappa shape index (κ1) is 13.5. The lowest BCUT2D eigenvalue weighted by atomic mass is 10.4. The molecule has 19 heavy (non-hydrogen) atoms. The summed E-state index contributed by atoms with van der Waals surface area (Å²) in [5.74, 6) is 3.16. The van der Waals surface area contributed by atoms with E-state index in [4.69, 9.17) is 4.74 Å². The van der Waals surface area contributed by atoms with Crippen molar-refractivity contribution in [1.82, 2.24) is 19.5 Å². The Balaban J connectivity index is 2.36. The number of methoxy groups -OCH3 is 1. The van der Waals surface area contributed by atoms with Crippen molar-refractivity contribution in [1.29, 1.82) is 0 Å². The highest BCUT2D eigenvalue weighted by atomic mass is 16.5. The molecular weight excluding hydrogens is 242 g/mol. The molecule has 2 heterocycles. The number of hydrogen-bond donors (Lipinski definition) is 1. The maximum absolute atomic E-state index is 5.11. The first-order valence-electron chi connectivity index (χ1n) is 6.35. The predicted octanol–water partition coefficient (Wildman–Crippen LogP) is 1.94. The number of hydrogen-bond acceptors (Lipinski definition) is 5. The van der Waals surface area contributed by atoms with Gasteiger partial charge in [-0.15, -0.1) is 0 Å². The molecule has 0 aliphatic rings. The number of ether oxygens (including phenoxy) is 1. The van der Waals surface area contributed by atoms with Crippen LogP contribution in [0.3, 0.4) is 0 Å². The van der Waals surface area contributed by atoms with Crippen LogP contribution >= 0.6 is 0 Å². The number of nitrogens with zero attached hydrogens (tertiary/aromatic N) is 4. The molecule has 0 bridgehead atoms. The number of anilines is 1. The number of rotatable bonds is 6. The van der Waals surface area contributed by atoms with Gasteiger partial charge in [0.15, 0.2) is 5.82 Å². The van der Waals surface area contributed by atoms with Gasteiger partial charge in [-0.25, -0.2) is 15.0 Å². The largest absolute Gasteiger partial charge is 0.377 e. The van der Waals surface area contributed by atoms with Crippen molar-refractivity contribution in [3.63, 3.8) is 0 Å². The van der Waals surface area contributed by atoms with E-state index in [9.17, 15) is 0 Å². The van der Waals surface area contributed by atoms with E-state index in [0.29, 0.717) is 12.4 Å². The molecule has 0 atom stereocenters. The van der Waals surface area contributed by atoms with Gasteiger partial charge in [0.25, 0.3) is 0 Å². The van der Waals surface area contributed by atoms with E-state index >= 15 is 0 Å². The molecule has 0 unspecified atom stereocenters. The summed E-state index contributed by atoms with van der Waals surface area (Å²) >= 11 is 0. The molecule has 2 rings (SSSR count). The van der Waals surface area contributed by atoms with Crippen molar-refractivity contribution in [2.45, 2.75) is 26.9 Å². The van der Waals surface area contributed by atoms with Crippen LogP contribution in [0.25, 0.3) is 5.82 Å². The zero-order valence-corrected chi connectivity index (χ0v) is 11.6. The van der Waals surface area contributed by atoms with Gasteiger partial charge in [-0.05, 0) is 13.3 Å². The Bertz CT molecular complexity index is 538. The molecule has 0 saturated heterocycles. The van der Waals surface area contributed by atoms with E-state index in [0.717, 1.165) is 30.4 Å². The van der Waals surface area contributed by atoms with E-state index in [1.54, 1.807) is 13.3 Å². The van der Waals surface area contributed by atoms with E-state index in [-0.39, 0.29) is 0 Å².